The second-order valence-corrected chi connectivity index (χ2v) is 4.27. The van der Waals surface area contributed by atoms with Crippen LogP contribution in [0.1, 0.15) is 15.9 Å². The number of aromatic nitrogens is 2. The summed E-state index contributed by atoms with van der Waals surface area (Å²) in [4.78, 5) is 21.8. The Morgan fingerprint density at radius 1 is 1.45 bits per heavy atom. The fraction of sp³-hybridized carbons (Fsp3) is 0.0833. The Morgan fingerprint density at radius 2 is 2.10 bits per heavy atom. The van der Waals surface area contributed by atoms with Crippen molar-refractivity contribution in [1.29, 1.82) is 5.26 Å². The van der Waals surface area contributed by atoms with Gasteiger partial charge in [0.15, 0.2) is 10.8 Å². The number of benzene rings is 1. The Bertz CT molecular complexity index is 715. The average molecular weight is 291 g/mol. The predicted molar refractivity (Wildman–Crippen MR) is 69.4 cm³/mol. The van der Waals surface area contributed by atoms with Crippen LogP contribution in [0.5, 0.6) is 0 Å². The van der Waals surface area contributed by atoms with Crippen molar-refractivity contribution >= 4 is 23.2 Å². The number of hydrogen-bond acceptors (Lipinski definition) is 5. The van der Waals surface area contributed by atoms with Crippen molar-refractivity contribution in [3.8, 4) is 6.07 Å². The summed E-state index contributed by atoms with van der Waals surface area (Å²) in [6, 6.07) is 8.01. The minimum atomic E-state index is -0.717. The fourth-order valence-corrected chi connectivity index (χ4v) is 1.78. The number of nitriles is 1. The Morgan fingerprint density at radius 3 is 2.60 bits per heavy atom. The number of ketones is 1. The molecule has 0 bridgehead atoms. The van der Waals surface area contributed by atoms with Gasteiger partial charge in [0.25, 0.3) is 0 Å². The normalized spacial score (nSPS) is 10.0. The Labute approximate surface area is 118 Å². The van der Waals surface area contributed by atoms with Crippen LogP contribution >= 0.6 is 11.6 Å². The lowest BCUT2D eigenvalue weighted by molar-refractivity contribution is -0.389. The number of hydrogen-bond donors (Lipinski definition) is 0. The molecule has 1 aromatic heterocycles. The van der Waals surface area contributed by atoms with E-state index in [0.29, 0.717) is 11.1 Å². The van der Waals surface area contributed by atoms with E-state index in [-0.39, 0.29) is 17.4 Å². The van der Waals surface area contributed by atoms with Crippen molar-refractivity contribution in [3.63, 3.8) is 0 Å². The van der Waals surface area contributed by atoms with E-state index >= 15 is 0 Å². The van der Waals surface area contributed by atoms with Gasteiger partial charge in [0, 0.05) is 5.56 Å². The van der Waals surface area contributed by atoms with Crippen LogP contribution in [0.15, 0.2) is 30.5 Å². The molecule has 0 fully saturated rings. The smallest absolute Gasteiger partial charge is 0.358 e. The maximum absolute atomic E-state index is 11.9. The SMILES string of the molecule is N#Cc1ccc(C(=O)Cn2cc(Cl)c([N+](=O)[O-])n2)cc1. The molecule has 0 aliphatic carbocycles. The van der Waals surface area contributed by atoms with Crippen LogP contribution in [-0.4, -0.2) is 20.5 Å². The van der Waals surface area contributed by atoms with Gasteiger partial charge in [-0.1, -0.05) is 23.7 Å². The Balaban J connectivity index is 2.17. The van der Waals surface area contributed by atoms with E-state index in [1.807, 2.05) is 6.07 Å². The summed E-state index contributed by atoms with van der Waals surface area (Å²) in [5.41, 5.74) is 0.831. The van der Waals surface area contributed by atoms with Gasteiger partial charge in [0.2, 0.25) is 0 Å². The van der Waals surface area contributed by atoms with Crippen LogP contribution in [0, 0.1) is 21.4 Å². The van der Waals surface area contributed by atoms with Crippen LogP contribution in [0.2, 0.25) is 5.02 Å². The molecule has 7 nitrogen and oxygen atoms in total. The molecule has 0 unspecified atom stereocenters. The van der Waals surface area contributed by atoms with Crippen molar-refractivity contribution in [2.24, 2.45) is 0 Å². The van der Waals surface area contributed by atoms with Crippen molar-refractivity contribution < 1.29 is 9.72 Å². The maximum atomic E-state index is 11.9. The molecule has 0 aliphatic rings. The van der Waals surface area contributed by atoms with Crippen LogP contribution in [0.4, 0.5) is 5.82 Å². The van der Waals surface area contributed by atoms with Gasteiger partial charge in [0.1, 0.15) is 6.54 Å². The minimum Gasteiger partial charge on any atom is -0.358 e. The second kappa shape index (κ2) is 5.50. The molecule has 20 heavy (non-hydrogen) atoms. The molecule has 8 heteroatoms. The van der Waals surface area contributed by atoms with Crippen LogP contribution in [0.25, 0.3) is 0 Å². The topological polar surface area (TPSA) is 102 Å². The molecule has 0 radical (unpaired) electrons. The number of rotatable bonds is 4. The first-order valence-corrected chi connectivity index (χ1v) is 5.80. The molecule has 2 aromatic rings. The molecular formula is C12H7ClN4O3. The molecule has 2 rings (SSSR count). The lowest BCUT2D eigenvalue weighted by Gasteiger charge is -1.98. The van der Waals surface area contributed by atoms with Crippen molar-refractivity contribution in [2.45, 2.75) is 6.54 Å². The number of nitrogens with zero attached hydrogens (tertiary/aromatic N) is 4. The zero-order valence-corrected chi connectivity index (χ0v) is 10.7. The Kier molecular flexibility index (Phi) is 3.77. The zero-order valence-electron chi connectivity index (χ0n) is 9.99. The van der Waals surface area contributed by atoms with Gasteiger partial charge in [-0.15, -0.1) is 0 Å². The molecule has 0 saturated carbocycles. The molecule has 0 N–H and O–H groups in total. The maximum Gasteiger partial charge on any atom is 0.408 e. The highest BCUT2D eigenvalue weighted by Crippen LogP contribution is 2.21. The first-order chi connectivity index (χ1) is 9.51. The van der Waals surface area contributed by atoms with Crippen molar-refractivity contribution in [3.05, 3.63) is 56.7 Å². The monoisotopic (exact) mass is 290 g/mol. The number of carbonyl (C=O) groups is 1. The van der Waals surface area contributed by atoms with Crippen molar-refractivity contribution in [1.82, 2.24) is 9.78 Å². The number of halogens is 1. The highest BCUT2D eigenvalue weighted by molar-refractivity contribution is 6.32. The molecule has 1 heterocycles. The van der Waals surface area contributed by atoms with Gasteiger partial charge in [-0.2, -0.15) is 9.94 Å². The molecule has 1 aromatic carbocycles. The van der Waals surface area contributed by atoms with Crippen LogP contribution in [0.3, 0.4) is 0 Å². The first-order valence-electron chi connectivity index (χ1n) is 5.42. The molecule has 0 aliphatic heterocycles. The third kappa shape index (κ3) is 2.81. The molecule has 0 amide bonds. The van der Waals surface area contributed by atoms with E-state index in [0.717, 1.165) is 4.68 Å². The molecule has 100 valence electrons. The third-order valence-electron chi connectivity index (χ3n) is 2.51. The predicted octanol–water partition coefficient (Wildman–Crippen LogP) is 2.20. The molecule has 0 atom stereocenters. The first kappa shape index (κ1) is 13.7. The van der Waals surface area contributed by atoms with Gasteiger partial charge >= 0.3 is 5.82 Å². The van der Waals surface area contributed by atoms with Gasteiger partial charge in [0.05, 0.1) is 22.9 Å². The quantitative estimate of drug-likeness (QED) is 0.488. The van der Waals surface area contributed by atoms with E-state index in [1.165, 1.54) is 30.5 Å². The largest absolute Gasteiger partial charge is 0.408 e. The molecular weight excluding hydrogens is 284 g/mol. The van der Waals surface area contributed by atoms with Crippen LogP contribution < -0.4 is 0 Å². The summed E-state index contributed by atoms with van der Waals surface area (Å²) in [6.07, 6.45) is 1.22. The summed E-state index contributed by atoms with van der Waals surface area (Å²) in [7, 11) is 0. The van der Waals surface area contributed by atoms with Crippen LogP contribution in [-0.2, 0) is 6.54 Å². The minimum absolute atomic E-state index is 0.123. The number of nitro groups is 1. The van der Waals surface area contributed by atoms with Gasteiger partial charge in [-0.25, -0.2) is 0 Å². The van der Waals surface area contributed by atoms with E-state index < -0.39 is 10.7 Å². The van der Waals surface area contributed by atoms with Crippen molar-refractivity contribution in [2.75, 3.05) is 0 Å². The second-order valence-electron chi connectivity index (χ2n) is 3.87. The van der Waals surface area contributed by atoms with E-state index in [2.05, 4.69) is 5.10 Å². The fourth-order valence-electron chi connectivity index (χ4n) is 1.56. The molecule has 0 saturated heterocycles. The Hall–Kier alpha value is -2.72. The summed E-state index contributed by atoms with van der Waals surface area (Å²) in [5.74, 6) is -0.775. The van der Waals surface area contributed by atoms with E-state index in [1.54, 1.807) is 0 Å². The average Bonchev–Trinajstić information content (AvgIpc) is 2.79. The van der Waals surface area contributed by atoms with E-state index in [4.69, 9.17) is 16.9 Å². The zero-order chi connectivity index (χ0) is 14.7. The summed E-state index contributed by atoms with van der Waals surface area (Å²) in [6.45, 7) is -0.167. The lowest BCUT2D eigenvalue weighted by atomic mass is 10.1. The number of carbonyl (C=O) groups excluding carboxylic acids is 1. The van der Waals surface area contributed by atoms with E-state index in [9.17, 15) is 14.9 Å². The highest BCUT2D eigenvalue weighted by Gasteiger charge is 2.20. The summed E-state index contributed by atoms with van der Waals surface area (Å²) >= 11 is 5.64. The summed E-state index contributed by atoms with van der Waals surface area (Å²) < 4.78 is 1.11. The van der Waals surface area contributed by atoms with Gasteiger partial charge < -0.3 is 10.1 Å². The highest BCUT2D eigenvalue weighted by atomic mass is 35.5. The van der Waals surface area contributed by atoms with Gasteiger partial charge in [-0.05, 0) is 17.1 Å². The number of Topliss-reactive ketones (excluding diaryl/α,β-unsaturated/α-hetero) is 1. The molecule has 0 spiro atoms. The standard InChI is InChI=1S/C12H7ClN4O3/c13-10-6-16(15-12(10)17(19)20)7-11(18)9-3-1-8(5-14)2-4-9/h1-4,6H,7H2. The van der Waals surface area contributed by atoms with Gasteiger partial charge in [-0.3, -0.25) is 4.79 Å². The third-order valence-corrected chi connectivity index (χ3v) is 2.78. The lowest BCUT2D eigenvalue weighted by Crippen LogP contribution is -2.11. The summed E-state index contributed by atoms with van der Waals surface area (Å²) in [5, 5.41) is 22.7.